The molecule has 3 unspecified atom stereocenters. The molecule has 0 radical (unpaired) electrons. The number of piperidine rings is 1. The van der Waals surface area contributed by atoms with Gasteiger partial charge in [0.2, 0.25) is 0 Å². The lowest BCUT2D eigenvalue weighted by Crippen LogP contribution is -2.55. The number of hydrogen-bond acceptors (Lipinski definition) is 3. The molecule has 0 aromatic heterocycles. The van der Waals surface area contributed by atoms with E-state index in [2.05, 4.69) is 28.2 Å². The number of nitrogens with one attached hydrogen (secondary N) is 1. The molecule has 2 rings (SSSR count). The number of hydrogen-bond donors (Lipinski definition) is 1. The van der Waals surface area contributed by atoms with E-state index >= 15 is 0 Å². The zero-order valence-corrected chi connectivity index (χ0v) is 17.2. The highest BCUT2D eigenvalue weighted by atomic mass is 79.9. The van der Waals surface area contributed by atoms with Gasteiger partial charge in [-0.15, -0.1) is 0 Å². The molecule has 1 aromatic rings. The molecule has 0 saturated carbocycles. The highest BCUT2D eigenvalue weighted by Crippen LogP contribution is 2.25. The number of amides is 1. The number of ether oxygens (including phenoxy) is 1. The van der Waals surface area contributed by atoms with Crippen LogP contribution in [0.15, 0.2) is 22.7 Å². The zero-order valence-electron chi connectivity index (χ0n) is 15.6. The zero-order chi connectivity index (χ0) is 18.8. The molecule has 6 heteroatoms. The molecule has 3 atom stereocenters. The molecule has 1 heterocycles. The van der Waals surface area contributed by atoms with Crippen LogP contribution in [0.1, 0.15) is 59.1 Å². The van der Waals surface area contributed by atoms with Crippen molar-refractivity contribution in [2.75, 3.05) is 6.54 Å². The molecule has 25 heavy (non-hydrogen) atoms. The fraction of sp³-hybridized carbons (Fsp3) is 0.632. The molecule has 0 bridgehead atoms. The van der Waals surface area contributed by atoms with E-state index in [0.717, 1.165) is 18.4 Å². The van der Waals surface area contributed by atoms with E-state index in [4.69, 9.17) is 4.74 Å². The molecule has 1 amide bonds. The monoisotopic (exact) mass is 414 g/mol. The number of carbonyl (C=O) groups excluding carboxylic acids is 1. The molecule has 1 fully saturated rings. The summed E-state index contributed by atoms with van der Waals surface area (Å²) >= 11 is 3.24. The lowest BCUT2D eigenvalue weighted by Gasteiger charge is -2.41. The van der Waals surface area contributed by atoms with E-state index in [0.29, 0.717) is 11.0 Å². The number of nitrogens with zero attached hydrogens (tertiary/aromatic N) is 1. The molecule has 1 aliphatic rings. The van der Waals surface area contributed by atoms with Crippen LogP contribution in [-0.4, -0.2) is 35.2 Å². The minimum absolute atomic E-state index is 0.0370. The Bertz CT molecular complexity index is 618. The summed E-state index contributed by atoms with van der Waals surface area (Å²) in [6.07, 6.45) is 1.66. The molecule has 0 spiro atoms. The highest BCUT2D eigenvalue weighted by molar-refractivity contribution is 9.10. The van der Waals surface area contributed by atoms with Crippen LogP contribution in [0, 0.1) is 5.82 Å². The number of likely N-dealkylation sites (tertiary alicyclic amines) is 1. The van der Waals surface area contributed by atoms with Crippen molar-refractivity contribution >= 4 is 22.0 Å². The van der Waals surface area contributed by atoms with E-state index in [-0.39, 0.29) is 30.0 Å². The maximum absolute atomic E-state index is 13.4. The van der Waals surface area contributed by atoms with Crippen LogP contribution >= 0.6 is 15.9 Å². The molecule has 1 N–H and O–H groups in total. The minimum Gasteiger partial charge on any atom is -0.444 e. The third-order valence-electron chi connectivity index (χ3n) is 4.52. The maximum atomic E-state index is 13.4. The second-order valence-electron chi connectivity index (χ2n) is 7.72. The first kappa shape index (κ1) is 20.2. The molecular formula is C19H28BrFN2O2. The van der Waals surface area contributed by atoms with E-state index < -0.39 is 5.60 Å². The van der Waals surface area contributed by atoms with Gasteiger partial charge in [-0.2, -0.15) is 0 Å². The summed E-state index contributed by atoms with van der Waals surface area (Å²) in [6, 6.07) is 5.32. The van der Waals surface area contributed by atoms with Gasteiger partial charge in [0.25, 0.3) is 0 Å². The highest BCUT2D eigenvalue weighted by Gasteiger charge is 2.34. The standard InChI is InChI=1S/C19H28BrFN2O2/c1-12(14-8-9-16(21)15(20)11-14)22-17-7-6-10-23(13(17)2)18(24)25-19(3,4)5/h8-9,11-13,17,22H,6-7,10H2,1-5H3. The van der Waals surface area contributed by atoms with Crippen molar-refractivity contribution in [2.45, 2.75) is 71.2 Å². The van der Waals surface area contributed by atoms with Crippen molar-refractivity contribution in [1.82, 2.24) is 10.2 Å². The number of benzene rings is 1. The third-order valence-corrected chi connectivity index (χ3v) is 5.13. The average Bonchev–Trinajstić information content (AvgIpc) is 2.50. The Kier molecular flexibility index (Phi) is 6.49. The van der Waals surface area contributed by atoms with Crippen LogP contribution in [0.3, 0.4) is 0 Å². The van der Waals surface area contributed by atoms with Crippen LogP contribution in [0.4, 0.5) is 9.18 Å². The van der Waals surface area contributed by atoms with Crippen molar-refractivity contribution in [3.05, 3.63) is 34.1 Å². The van der Waals surface area contributed by atoms with E-state index in [1.165, 1.54) is 6.07 Å². The molecule has 1 aliphatic heterocycles. The molecule has 1 saturated heterocycles. The summed E-state index contributed by atoms with van der Waals surface area (Å²) < 4.78 is 19.4. The lowest BCUT2D eigenvalue weighted by atomic mass is 9.96. The van der Waals surface area contributed by atoms with Gasteiger partial charge in [-0.05, 0) is 81.1 Å². The van der Waals surface area contributed by atoms with Crippen LogP contribution < -0.4 is 5.32 Å². The van der Waals surface area contributed by atoms with Crippen LogP contribution in [0.5, 0.6) is 0 Å². The van der Waals surface area contributed by atoms with Gasteiger partial charge < -0.3 is 15.0 Å². The summed E-state index contributed by atoms with van der Waals surface area (Å²) in [5.41, 5.74) is 0.514. The van der Waals surface area contributed by atoms with E-state index in [9.17, 15) is 9.18 Å². The van der Waals surface area contributed by atoms with Gasteiger partial charge in [-0.25, -0.2) is 9.18 Å². The Hall–Kier alpha value is -1.14. The Labute approximate surface area is 158 Å². The molecule has 1 aromatic carbocycles. The van der Waals surface area contributed by atoms with Crippen molar-refractivity contribution in [1.29, 1.82) is 0 Å². The average molecular weight is 415 g/mol. The van der Waals surface area contributed by atoms with Crippen LogP contribution in [-0.2, 0) is 4.74 Å². The second kappa shape index (κ2) is 8.04. The van der Waals surface area contributed by atoms with Crippen molar-refractivity contribution in [3.8, 4) is 0 Å². The fourth-order valence-corrected chi connectivity index (χ4v) is 3.54. The summed E-state index contributed by atoms with van der Waals surface area (Å²) in [6.45, 7) is 10.5. The number of carbonyl (C=O) groups is 1. The number of rotatable bonds is 3. The SMILES string of the molecule is CC(NC1CCCN(C(=O)OC(C)(C)C)C1C)c1ccc(F)c(Br)c1. The summed E-state index contributed by atoms with van der Waals surface area (Å²) in [7, 11) is 0. The quantitative estimate of drug-likeness (QED) is 0.753. The van der Waals surface area contributed by atoms with Gasteiger partial charge in [-0.1, -0.05) is 6.07 Å². The first-order chi connectivity index (χ1) is 11.6. The van der Waals surface area contributed by atoms with Gasteiger partial charge in [0.05, 0.1) is 4.47 Å². The van der Waals surface area contributed by atoms with Crippen molar-refractivity contribution in [2.24, 2.45) is 0 Å². The lowest BCUT2D eigenvalue weighted by molar-refractivity contribution is 0.00643. The summed E-state index contributed by atoms with van der Waals surface area (Å²) in [5, 5.41) is 3.59. The Morgan fingerprint density at radius 3 is 2.72 bits per heavy atom. The van der Waals surface area contributed by atoms with Gasteiger partial charge >= 0.3 is 6.09 Å². The van der Waals surface area contributed by atoms with Crippen LogP contribution in [0.25, 0.3) is 0 Å². The maximum Gasteiger partial charge on any atom is 0.410 e. The predicted molar refractivity (Wildman–Crippen MR) is 101 cm³/mol. The Morgan fingerprint density at radius 2 is 2.12 bits per heavy atom. The van der Waals surface area contributed by atoms with Gasteiger partial charge in [0.1, 0.15) is 11.4 Å². The molecule has 4 nitrogen and oxygen atoms in total. The first-order valence-corrected chi connectivity index (χ1v) is 9.58. The topological polar surface area (TPSA) is 41.6 Å². The third kappa shape index (κ3) is 5.42. The first-order valence-electron chi connectivity index (χ1n) is 8.79. The fourth-order valence-electron chi connectivity index (χ4n) is 3.14. The van der Waals surface area contributed by atoms with Crippen LogP contribution in [0.2, 0.25) is 0 Å². The Morgan fingerprint density at radius 1 is 1.44 bits per heavy atom. The van der Waals surface area contributed by atoms with E-state index in [1.807, 2.05) is 27.7 Å². The largest absolute Gasteiger partial charge is 0.444 e. The van der Waals surface area contributed by atoms with Crippen molar-refractivity contribution < 1.29 is 13.9 Å². The molecular weight excluding hydrogens is 387 g/mol. The summed E-state index contributed by atoms with van der Waals surface area (Å²) in [5.74, 6) is -0.266. The normalized spacial score (nSPS) is 22.6. The van der Waals surface area contributed by atoms with Gasteiger partial charge in [-0.3, -0.25) is 0 Å². The Balaban J connectivity index is 2.03. The van der Waals surface area contributed by atoms with E-state index in [1.54, 1.807) is 17.0 Å². The van der Waals surface area contributed by atoms with Gasteiger partial charge in [0, 0.05) is 24.7 Å². The van der Waals surface area contributed by atoms with Crippen molar-refractivity contribution in [3.63, 3.8) is 0 Å². The van der Waals surface area contributed by atoms with Gasteiger partial charge in [0.15, 0.2) is 0 Å². The summed E-state index contributed by atoms with van der Waals surface area (Å²) in [4.78, 5) is 14.2. The minimum atomic E-state index is -0.495. The second-order valence-corrected chi connectivity index (χ2v) is 8.58. The number of halogens is 2. The molecule has 140 valence electrons. The smallest absolute Gasteiger partial charge is 0.410 e. The predicted octanol–water partition coefficient (Wildman–Crippen LogP) is 5.03. The molecule has 0 aliphatic carbocycles.